The van der Waals surface area contributed by atoms with E-state index in [0.717, 1.165) is 5.56 Å². The van der Waals surface area contributed by atoms with Gasteiger partial charge in [0.1, 0.15) is 6.04 Å². The van der Waals surface area contributed by atoms with Crippen LogP contribution in [0.3, 0.4) is 0 Å². The number of nitrogens with one attached hydrogen (secondary N) is 2. The molecule has 0 heterocycles. The third kappa shape index (κ3) is 7.31. The van der Waals surface area contributed by atoms with Gasteiger partial charge in [-0.3, -0.25) is 9.59 Å². The van der Waals surface area contributed by atoms with Crippen LogP contribution in [0.15, 0.2) is 48.5 Å². The number of aliphatic carboxylic acids is 1. The highest BCUT2D eigenvalue weighted by molar-refractivity contribution is 5.90. The number of carboxylic acids is 1. The number of amides is 1. The summed E-state index contributed by atoms with van der Waals surface area (Å²) >= 11 is 0. The Morgan fingerprint density at radius 3 is 2.29 bits per heavy atom. The summed E-state index contributed by atoms with van der Waals surface area (Å²) in [5.74, 6) is -2.24. The number of hydrogen-bond acceptors (Lipinski definition) is 7. The zero-order chi connectivity index (χ0) is 22.8. The van der Waals surface area contributed by atoms with Crippen molar-refractivity contribution >= 4 is 17.8 Å². The number of rotatable bonds is 11. The number of benzene rings is 2. The van der Waals surface area contributed by atoms with Gasteiger partial charge in [0, 0.05) is 13.0 Å². The highest BCUT2D eigenvalue weighted by atomic mass is 16.5. The van der Waals surface area contributed by atoms with Crippen molar-refractivity contribution < 1.29 is 34.1 Å². The summed E-state index contributed by atoms with van der Waals surface area (Å²) in [6.45, 7) is 0.116. The van der Waals surface area contributed by atoms with E-state index in [1.54, 1.807) is 12.1 Å². The molecule has 0 unspecified atom stereocenters. The fraction of sp³-hybridized carbons (Fsp3) is 0.318. The molecule has 2 aromatic carbocycles. The highest BCUT2D eigenvalue weighted by Crippen LogP contribution is 2.26. The zero-order valence-corrected chi connectivity index (χ0v) is 17.3. The monoisotopic (exact) mass is 430 g/mol. The van der Waals surface area contributed by atoms with Crippen LogP contribution >= 0.6 is 0 Å². The van der Waals surface area contributed by atoms with Gasteiger partial charge in [0.2, 0.25) is 5.91 Å². The first-order chi connectivity index (χ1) is 14.8. The molecule has 1 amide bonds. The first kappa shape index (κ1) is 23.7. The fourth-order valence-corrected chi connectivity index (χ4v) is 2.98. The van der Waals surface area contributed by atoms with E-state index >= 15 is 0 Å². The van der Waals surface area contributed by atoms with Crippen LogP contribution in [0, 0.1) is 0 Å². The van der Waals surface area contributed by atoms with Gasteiger partial charge in [-0.1, -0.05) is 36.4 Å². The van der Waals surface area contributed by atoms with Crippen LogP contribution in [0.5, 0.6) is 11.5 Å². The Morgan fingerprint density at radius 1 is 1.00 bits per heavy atom. The minimum Gasteiger partial charge on any atom is -0.504 e. The number of aromatic hydroxyl groups is 1. The molecule has 0 saturated carbocycles. The molecule has 166 valence electrons. The molecule has 0 aliphatic heterocycles. The van der Waals surface area contributed by atoms with E-state index in [1.165, 1.54) is 20.3 Å². The van der Waals surface area contributed by atoms with Gasteiger partial charge in [0.15, 0.2) is 11.5 Å². The van der Waals surface area contributed by atoms with Gasteiger partial charge < -0.3 is 30.3 Å². The molecule has 0 saturated heterocycles. The van der Waals surface area contributed by atoms with E-state index in [0.29, 0.717) is 11.3 Å². The molecule has 2 aromatic rings. The maximum absolute atomic E-state index is 12.8. The fourth-order valence-electron chi connectivity index (χ4n) is 2.98. The summed E-state index contributed by atoms with van der Waals surface area (Å²) in [5, 5.41) is 24.5. The molecule has 2 atom stereocenters. The summed E-state index contributed by atoms with van der Waals surface area (Å²) < 4.78 is 9.77. The van der Waals surface area contributed by atoms with Crippen molar-refractivity contribution in [3.63, 3.8) is 0 Å². The van der Waals surface area contributed by atoms with Crippen molar-refractivity contribution in [2.45, 2.75) is 31.5 Å². The van der Waals surface area contributed by atoms with Gasteiger partial charge in [-0.15, -0.1) is 0 Å². The lowest BCUT2D eigenvalue weighted by atomic mass is 10.0. The topological polar surface area (TPSA) is 134 Å². The van der Waals surface area contributed by atoms with Crippen molar-refractivity contribution in [1.82, 2.24) is 10.6 Å². The Labute approximate surface area is 180 Å². The van der Waals surface area contributed by atoms with Crippen molar-refractivity contribution in [2.75, 3.05) is 14.2 Å². The summed E-state index contributed by atoms with van der Waals surface area (Å²) in [6.07, 6.45) is -0.293. The van der Waals surface area contributed by atoms with Crippen molar-refractivity contribution in [3.05, 3.63) is 59.7 Å². The molecule has 0 aliphatic carbocycles. The molecule has 4 N–H and O–H groups in total. The maximum Gasteiger partial charge on any atom is 0.328 e. The SMILES string of the molecule is COC(=O)[C@H](Cc1ccccc1)NC(=O)[C@H](CC(=O)O)NCc1ccc(OC)c(O)c1. The number of phenols is 1. The highest BCUT2D eigenvalue weighted by Gasteiger charge is 2.27. The Bertz CT molecular complexity index is 902. The maximum atomic E-state index is 12.8. The third-order valence-corrected chi connectivity index (χ3v) is 4.58. The van der Waals surface area contributed by atoms with Crippen LogP contribution in [-0.2, 0) is 32.1 Å². The Morgan fingerprint density at radius 2 is 1.71 bits per heavy atom. The van der Waals surface area contributed by atoms with Crippen LogP contribution < -0.4 is 15.4 Å². The number of methoxy groups -OCH3 is 2. The molecular weight excluding hydrogens is 404 g/mol. The Hall–Kier alpha value is -3.59. The molecule has 0 spiro atoms. The number of ether oxygens (including phenoxy) is 2. The molecule has 2 rings (SSSR count). The summed E-state index contributed by atoms with van der Waals surface area (Å²) in [5.41, 5.74) is 1.44. The molecule has 9 heteroatoms. The largest absolute Gasteiger partial charge is 0.504 e. The minimum atomic E-state index is -1.18. The lowest BCUT2D eigenvalue weighted by molar-refractivity contribution is -0.145. The molecule has 31 heavy (non-hydrogen) atoms. The number of carbonyl (C=O) groups is 3. The molecular formula is C22H26N2O7. The molecule has 9 nitrogen and oxygen atoms in total. The van der Waals surface area contributed by atoms with Crippen LogP contribution in [0.25, 0.3) is 0 Å². The second-order valence-corrected chi connectivity index (χ2v) is 6.81. The lowest BCUT2D eigenvalue weighted by Gasteiger charge is -2.21. The number of hydrogen-bond donors (Lipinski definition) is 4. The van der Waals surface area contributed by atoms with Gasteiger partial charge >= 0.3 is 11.9 Å². The standard InChI is InChI=1S/C22H26N2O7/c1-30-19-9-8-15(11-18(19)25)13-23-16(12-20(26)27)21(28)24-17(22(29)31-2)10-14-6-4-3-5-7-14/h3-9,11,16-17,23,25H,10,12-13H2,1-2H3,(H,24,28)(H,26,27)/t16-,17-/m0/s1. The molecule has 0 fully saturated rings. The first-order valence-corrected chi connectivity index (χ1v) is 9.57. The van der Waals surface area contributed by atoms with Gasteiger partial charge in [0.05, 0.1) is 26.7 Å². The normalized spacial score (nSPS) is 12.5. The van der Waals surface area contributed by atoms with E-state index in [2.05, 4.69) is 10.6 Å². The van der Waals surface area contributed by atoms with E-state index in [9.17, 15) is 24.6 Å². The third-order valence-electron chi connectivity index (χ3n) is 4.58. The Kier molecular flexibility index (Phi) is 8.83. The van der Waals surface area contributed by atoms with E-state index in [1.807, 2.05) is 30.3 Å². The lowest BCUT2D eigenvalue weighted by Crippen LogP contribution is -2.51. The zero-order valence-electron chi connectivity index (χ0n) is 17.3. The second-order valence-electron chi connectivity index (χ2n) is 6.81. The van der Waals surface area contributed by atoms with Gasteiger partial charge in [0.25, 0.3) is 0 Å². The predicted octanol–water partition coefficient (Wildman–Crippen LogP) is 1.23. The minimum absolute atomic E-state index is 0.0744. The molecule has 0 radical (unpaired) electrons. The average molecular weight is 430 g/mol. The smallest absolute Gasteiger partial charge is 0.328 e. The molecule has 0 aliphatic rings. The summed E-state index contributed by atoms with van der Waals surface area (Å²) in [4.78, 5) is 36.2. The molecule has 0 aromatic heterocycles. The summed E-state index contributed by atoms with van der Waals surface area (Å²) in [6, 6.07) is 11.7. The van der Waals surface area contributed by atoms with Gasteiger partial charge in [-0.2, -0.15) is 0 Å². The van der Waals surface area contributed by atoms with Crippen LogP contribution in [-0.4, -0.2) is 54.4 Å². The van der Waals surface area contributed by atoms with Crippen molar-refractivity contribution in [3.8, 4) is 11.5 Å². The first-order valence-electron chi connectivity index (χ1n) is 9.57. The molecule has 0 bridgehead atoms. The van der Waals surface area contributed by atoms with Crippen molar-refractivity contribution in [1.29, 1.82) is 0 Å². The van der Waals surface area contributed by atoms with Crippen molar-refractivity contribution in [2.24, 2.45) is 0 Å². The predicted molar refractivity (Wildman–Crippen MR) is 112 cm³/mol. The number of phenolic OH excluding ortho intramolecular Hbond substituents is 1. The van der Waals surface area contributed by atoms with Gasteiger partial charge in [-0.05, 0) is 23.3 Å². The Balaban J connectivity index is 2.09. The van der Waals surface area contributed by atoms with E-state index in [4.69, 9.17) is 9.47 Å². The van der Waals surface area contributed by atoms with Gasteiger partial charge in [-0.25, -0.2) is 4.79 Å². The second kappa shape index (κ2) is 11.6. The number of carbonyl (C=O) groups excluding carboxylic acids is 2. The van der Waals surface area contributed by atoms with Crippen LogP contribution in [0.2, 0.25) is 0 Å². The number of carboxylic acid groups (broad SMARTS) is 1. The van der Waals surface area contributed by atoms with Crippen LogP contribution in [0.4, 0.5) is 0 Å². The number of esters is 1. The van der Waals surface area contributed by atoms with E-state index < -0.39 is 36.4 Å². The van der Waals surface area contributed by atoms with Crippen LogP contribution in [0.1, 0.15) is 17.5 Å². The summed E-state index contributed by atoms with van der Waals surface area (Å²) in [7, 11) is 2.64. The average Bonchev–Trinajstić information content (AvgIpc) is 2.76. The van der Waals surface area contributed by atoms with E-state index in [-0.39, 0.29) is 18.7 Å². The quantitative estimate of drug-likeness (QED) is 0.391.